The van der Waals surface area contributed by atoms with E-state index in [0.717, 1.165) is 6.42 Å². The normalized spacial score (nSPS) is 22.0. The molecule has 1 saturated heterocycles. The molecule has 7 heteroatoms. The summed E-state index contributed by atoms with van der Waals surface area (Å²) in [5.41, 5.74) is 0.982. The zero-order chi connectivity index (χ0) is 17.0. The van der Waals surface area contributed by atoms with Crippen LogP contribution >= 0.6 is 0 Å². The SMILES string of the molecule is CC1CCN(C(=O)Nc2cccc(CCC(F)(F)F)c2)CC1O. The number of nitrogens with one attached hydrogen (secondary N) is 1. The molecule has 1 aromatic carbocycles. The number of nitrogens with zero attached hydrogens (tertiary/aromatic N) is 1. The molecule has 1 aliphatic rings. The van der Waals surface area contributed by atoms with Gasteiger partial charge in [0.2, 0.25) is 0 Å². The van der Waals surface area contributed by atoms with Crippen molar-refractivity contribution in [2.75, 3.05) is 18.4 Å². The van der Waals surface area contributed by atoms with Crippen molar-refractivity contribution < 1.29 is 23.1 Å². The molecular weight excluding hydrogens is 309 g/mol. The number of hydrogen-bond acceptors (Lipinski definition) is 2. The highest BCUT2D eigenvalue weighted by atomic mass is 19.4. The van der Waals surface area contributed by atoms with Gasteiger partial charge in [0.15, 0.2) is 0 Å². The lowest BCUT2D eigenvalue weighted by Gasteiger charge is -2.34. The van der Waals surface area contributed by atoms with E-state index in [4.69, 9.17) is 0 Å². The maximum Gasteiger partial charge on any atom is 0.389 e. The second-order valence-electron chi connectivity index (χ2n) is 6.03. The summed E-state index contributed by atoms with van der Waals surface area (Å²) in [6, 6.07) is 6.07. The molecule has 0 bridgehead atoms. The predicted molar refractivity (Wildman–Crippen MR) is 81.2 cm³/mol. The molecule has 2 N–H and O–H groups in total. The summed E-state index contributed by atoms with van der Waals surface area (Å²) in [6.07, 6.45) is -5.03. The van der Waals surface area contributed by atoms with Gasteiger partial charge in [-0.2, -0.15) is 13.2 Å². The van der Waals surface area contributed by atoms with Crippen molar-refractivity contribution in [3.05, 3.63) is 29.8 Å². The van der Waals surface area contributed by atoms with Gasteiger partial charge < -0.3 is 15.3 Å². The average Bonchev–Trinajstić information content (AvgIpc) is 2.47. The fourth-order valence-corrected chi connectivity index (χ4v) is 2.53. The second-order valence-corrected chi connectivity index (χ2v) is 6.03. The molecule has 2 amide bonds. The highest BCUT2D eigenvalue weighted by Gasteiger charge is 2.28. The number of likely N-dealkylation sites (tertiary alicyclic amines) is 1. The lowest BCUT2D eigenvalue weighted by molar-refractivity contribution is -0.133. The number of carbonyl (C=O) groups is 1. The lowest BCUT2D eigenvalue weighted by Crippen LogP contribution is -2.47. The Hall–Kier alpha value is -1.76. The quantitative estimate of drug-likeness (QED) is 0.892. The van der Waals surface area contributed by atoms with E-state index in [-0.39, 0.29) is 24.9 Å². The van der Waals surface area contributed by atoms with Crippen LogP contribution in [0, 0.1) is 5.92 Å². The molecule has 1 heterocycles. The van der Waals surface area contributed by atoms with Gasteiger partial charge in [-0.25, -0.2) is 4.79 Å². The number of piperidine rings is 1. The topological polar surface area (TPSA) is 52.6 Å². The predicted octanol–water partition coefficient (Wildman–Crippen LogP) is 3.42. The highest BCUT2D eigenvalue weighted by molar-refractivity contribution is 5.89. The first-order valence-corrected chi connectivity index (χ1v) is 7.64. The molecule has 2 rings (SSSR count). The number of aryl methyl sites for hydroxylation is 1. The van der Waals surface area contributed by atoms with Crippen molar-refractivity contribution in [1.29, 1.82) is 0 Å². The smallest absolute Gasteiger partial charge is 0.389 e. The van der Waals surface area contributed by atoms with E-state index in [9.17, 15) is 23.1 Å². The van der Waals surface area contributed by atoms with E-state index in [2.05, 4.69) is 5.32 Å². The van der Waals surface area contributed by atoms with E-state index in [1.807, 2.05) is 6.92 Å². The van der Waals surface area contributed by atoms with Gasteiger partial charge in [-0.05, 0) is 36.5 Å². The fraction of sp³-hybridized carbons (Fsp3) is 0.562. The van der Waals surface area contributed by atoms with Gasteiger partial charge in [0, 0.05) is 25.2 Å². The lowest BCUT2D eigenvalue weighted by atomic mass is 9.96. The molecule has 4 nitrogen and oxygen atoms in total. The standard InChI is InChI=1S/C16H21F3N2O2/c1-11-6-8-21(10-14(11)22)15(23)20-13-4-2-3-12(9-13)5-7-16(17,18)19/h2-4,9,11,14,22H,5-8,10H2,1H3,(H,20,23). The van der Waals surface area contributed by atoms with Crippen LogP contribution in [0.2, 0.25) is 0 Å². The largest absolute Gasteiger partial charge is 0.391 e. The summed E-state index contributed by atoms with van der Waals surface area (Å²) in [4.78, 5) is 13.7. The van der Waals surface area contributed by atoms with E-state index >= 15 is 0 Å². The Labute approximate surface area is 133 Å². The van der Waals surface area contributed by atoms with Gasteiger partial charge in [0.05, 0.1) is 6.10 Å². The Kier molecular flexibility index (Phi) is 5.51. The fourth-order valence-electron chi connectivity index (χ4n) is 2.53. The molecule has 2 atom stereocenters. The summed E-state index contributed by atoms with van der Waals surface area (Å²) in [7, 11) is 0. The molecule has 1 aromatic rings. The van der Waals surface area contributed by atoms with Crippen molar-refractivity contribution in [3.8, 4) is 0 Å². The molecule has 0 aromatic heterocycles. The molecule has 0 saturated carbocycles. The van der Waals surface area contributed by atoms with Crippen LogP contribution in [0.5, 0.6) is 0 Å². The van der Waals surface area contributed by atoms with E-state index in [0.29, 0.717) is 17.8 Å². The number of benzene rings is 1. The minimum atomic E-state index is -4.19. The van der Waals surface area contributed by atoms with Crippen LogP contribution in [0.15, 0.2) is 24.3 Å². The van der Waals surface area contributed by atoms with E-state index in [1.165, 1.54) is 4.90 Å². The van der Waals surface area contributed by atoms with Crippen LogP contribution in [0.1, 0.15) is 25.3 Å². The van der Waals surface area contributed by atoms with Gasteiger partial charge in [0.1, 0.15) is 0 Å². The van der Waals surface area contributed by atoms with Crippen molar-refractivity contribution in [2.45, 2.75) is 38.5 Å². The third-order valence-corrected chi connectivity index (χ3v) is 4.08. The average molecular weight is 330 g/mol. The number of carbonyl (C=O) groups excluding carboxylic acids is 1. The first-order chi connectivity index (χ1) is 10.7. The summed E-state index contributed by atoms with van der Waals surface area (Å²) >= 11 is 0. The Balaban J connectivity index is 1.93. The van der Waals surface area contributed by atoms with Crippen molar-refractivity contribution in [3.63, 3.8) is 0 Å². The number of β-amino-alcohol motifs (C(OH)–C–C–N with tert-alkyl or cyclic N) is 1. The molecule has 23 heavy (non-hydrogen) atoms. The van der Waals surface area contributed by atoms with Crippen LogP contribution in [-0.4, -0.2) is 41.4 Å². The van der Waals surface area contributed by atoms with Crippen LogP contribution < -0.4 is 5.32 Å². The molecule has 128 valence electrons. The summed E-state index contributed by atoms with van der Waals surface area (Å²) in [5.74, 6) is 0.157. The molecular formula is C16H21F3N2O2. The Bertz CT molecular complexity index is 548. The molecule has 1 aliphatic heterocycles. The maximum atomic E-state index is 12.3. The Morgan fingerprint density at radius 1 is 1.43 bits per heavy atom. The monoisotopic (exact) mass is 330 g/mol. The van der Waals surface area contributed by atoms with Crippen molar-refractivity contribution >= 4 is 11.7 Å². The Morgan fingerprint density at radius 3 is 2.83 bits per heavy atom. The van der Waals surface area contributed by atoms with Crippen LogP contribution in [-0.2, 0) is 6.42 Å². The second kappa shape index (κ2) is 7.21. The number of urea groups is 1. The molecule has 1 fully saturated rings. The summed E-state index contributed by atoms with van der Waals surface area (Å²) in [5, 5.41) is 12.5. The number of alkyl halides is 3. The first-order valence-electron chi connectivity index (χ1n) is 7.64. The van der Waals surface area contributed by atoms with E-state index in [1.54, 1.807) is 24.3 Å². The molecule has 2 unspecified atom stereocenters. The minimum Gasteiger partial charge on any atom is -0.391 e. The molecule has 0 aliphatic carbocycles. The van der Waals surface area contributed by atoms with E-state index < -0.39 is 18.7 Å². The number of hydrogen-bond donors (Lipinski definition) is 2. The van der Waals surface area contributed by atoms with Crippen LogP contribution in [0.25, 0.3) is 0 Å². The zero-order valence-corrected chi connectivity index (χ0v) is 12.9. The number of anilines is 1. The Morgan fingerprint density at radius 2 is 2.17 bits per heavy atom. The third-order valence-electron chi connectivity index (χ3n) is 4.08. The number of rotatable bonds is 3. The number of halogens is 3. The van der Waals surface area contributed by atoms with Gasteiger partial charge in [-0.3, -0.25) is 0 Å². The summed E-state index contributed by atoms with van der Waals surface area (Å²) < 4.78 is 36.8. The van der Waals surface area contributed by atoms with Gasteiger partial charge in [-0.1, -0.05) is 19.1 Å². The minimum absolute atomic E-state index is 0.118. The van der Waals surface area contributed by atoms with Gasteiger partial charge in [-0.15, -0.1) is 0 Å². The zero-order valence-electron chi connectivity index (χ0n) is 12.9. The third kappa shape index (κ3) is 5.42. The highest BCUT2D eigenvalue weighted by Crippen LogP contribution is 2.23. The number of aliphatic hydroxyl groups excluding tert-OH is 1. The van der Waals surface area contributed by atoms with Crippen LogP contribution in [0.4, 0.5) is 23.7 Å². The first kappa shape index (κ1) is 17.6. The van der Waals surface area contributed by atoms with Crippen molar-refractivity contribution in [1.82, 2.24) is 4.90 Å². The molecule has 0 spiro atoms. The molecule has 0 radical (unpaired) electrons. The van der Waals surface area contributed by atoms with Gasteiger partial charge in [0.25, 0.3) is 0 Å². The van der Waals surface area contributed by atoms with Crippen molar-refractivity contribution in [2.24, 2.45) is 5.92 Å². The van der Waals surface area contributed by atoms with Gasteiger partial charge >= 0.3 is 12.2 Å². The summed E-state index contributed by atoms with van der Waals surface area (Å²) in [6.45, 7) is 2.75. The maximum absolute atomic E-state index is 12.3. The van der Waals surface area contributed by atoms with Crippen LogP contribution in [0.3, 0.4) is 0 Å². The number of aliphatic hydroxyl groups is 1. The number of amides is 2.